The summed E-state index contributed by atoms with van der Waals surface area (Å²) >= 11 is 0.0234. The molecule has 1 unspecified atom stereocenters. The van der Waals surface area contributed by atoms with Crippen LogP contribution in [0.25, 0.3) is 0 Å². The quantitative estimate of drug-likeness (QED) is 0.589. The molecule has 24 heavy (non-hydrogen) atoms. The van der Waals surface area contributed by atoms with Crippen LogP contribution in [0.2, 0.25) is 0 Å². The summed E-state index contributed by atoms with van der Waals surface area (Å²) in [6.07, 6.45) is 6.26. The van der Waals surface area contributed by atoms with Crippen LogP contribution < -0.4 is 4.46 Å². The van der Waals surface area contributed by atoms with Crippen LogP contribution in [-0.2, 0) is 13.0 Å². The van der Waals surface area contributed by atoms with Gasteiger partial charge in [0.1, 0.15) is 0 Å². The van der Waals surface area contributed by atoms with Crippen LogP contribution in [0.4, 0.5) is 8.78 Å². The number of hydrogen-bond acceptors (Lipinski definition) is 1. The summed E-state index contributed by atoms with van der Waals surface area (Å²) < 4.78 is 30.9. The fourth-order valence-electron chi connectivity index (χ4n) is 2.61. The number of halogens is 2. The molecular formula is C19H18F2N2Se. The Morgan fingerprint density at radius 2 is 2.00 bits per heavy atom. The molecule has 3 aromatic rings. The molecule has 0 aliphatic heterocycles. The SMILES string of the molecule is CCc1ccccc1[Se]C(Cn1ccnc1)c1ccc(F)cc1F. The topological polar surface area (TPSA) is 17.8 Å². The minimum atomic E-state index is -0.543. The number of nitrogens with zero attached hydrogens (tertiary/aromatic N) is 2. The number of imidazole rings is 1. The van der Waals surface area contributed by atoms with Crippen LogP contribution in [0.15, 0.2) is 61.2 Å². The Balaban J connectivity index is 1.95. The van der Waals surface area contributed by atoms with Crippen molar-refractivity contribution in [1.82, 2.24) is 9.55 Å². The molecule has 5 heteroatoms. The van der Waals surface area contributed by atoms with E-state index in [9.17, 15) is 8.78 Å². The molecule has 1 atom stereocenters. The van der Waals surface area contributed by atoms with Crippen LogP contribution in [0, 0.1) is 11.6 Å². The summed E-state index contributed by atoms with van der Waals surface area (Å²) in [5, 5.41) is 0. The fourth-order valence-corrected chi connectivity index (χ4v) is 5.53. The third-order valence-electron chi connectivity index (χ3n) is 3.87. The van der Waals surface area contributed by atoms with Crippen molar-refractivity contribution >= 4 is 19.4 Å². The van der Waals surface area contributed by atoms with E-state index in [0.717, 1.165) is 12.5 Å². The Labute approximate surface area is 146 Å². The molecule has 3 rings (SSSR count). The van der Waals surface area contributed by atoms with E-state index in [1.54, 1.807) is 18.6 Å². The van der Waals surface area contributed by atoms with E-state index in [2.05, 4.69) is 24.0 Å². The molecule has 124 valence electrons. The molecule has 0 N–H and O–H groups in total. The van der Waals surface area contributed by atoms with Gasteiger partial charge in [0.25, 0.3) is 0 Å². The summed E-state index contributed by atoms with van der Waals surface area (Å²) in [5.74, 6) is -1.02. The van der Waals surface area contributed by atoms with Gasteiger partial charge in [-0.1, -0.05) is 0 Å². The zero-order valence-electron chi connectivity index (χ0n) is 13.3. The molecule has 2 nitrogen and oxygen atoms in total. The van der Waals surface area contributed by atoms with Crippen LogP contribution in [0.3, 0.4) is 0 Å². The first kappa shape index (κ1) is 16.9. The van der Waals surface area contributed by atoms with Crippen molar-refractivity contribution in [3.63, 3.8) is 0 Å². The molecule has 0 spiro atoms. The van der Waals surface area contributed by atoms with Crippen molar-refractivity contribution in [2.75, 3.05) is 0 Å². The second kappa shape index (κ2) is 7.73. The molecule has 0 saturated carbocycles. The Morgan fingerprint density at radius 1 is 1.17 bits per heavy atom. The van der Waals surface area contributed by atoms with E-state index in [-0.39, 0.29) is 19.8 Å². The standard InChI is InChI=1S/C19H18F2N2Se/c1-2-14-5-3-4-6-18(14)24-19(12-23-10-9-22-13-23)16-8-7-15(20)11-17(16)21/h3-11,13,19H,2,12H2,1H3. The third kappa shape index (κ3) is 3.92. The molecule has 0 aliphatic rings. The normalized spacial score (nSPS) is 12.3. The molecule has 1 aromatic heterocycles. The van der Waals surface area contributed by atoms with Crippen LogP contribution in [-0.4, -0.2) is 24.5 Å². The number of aromatic nitrogens is 2. The van der Waals surface area contributed by atoms with Gasteiger partial charge >= 0.3 is 146 Å². The van der Waals surface area contributed by atoms with Crippen molar-refractivity contribution in [3.05, 3.63) is 83.9 Å². The van der Waals surface area contributed by atoms with Gasteiger partial charge in [0.2, 0.25) is 0 Å². The average molecular weight is 391 g/mol. The summed E-state index contributed by atoms with van der Waals surface area (Å²) in [4.78, 5) is 4.03. The van der Waals surface area contributed by atoms with Gasteiger partial charge in [-0.25, -0.2) is 0 Å². The maximum absolute atomic E-state index is 14.4. The van der Waals surface area contributed by atoms with Gasteiger partial charge in [-0.3, -0.25) is 0 Å². The summed E-state index contributed by atoms with van der Waals surface area (Å²) in [7, 11) is 0. The van der Waals surface area contributed by atoms with E-state index in [4.69, 9.17) is 0 Å². The van der Waals surface area contributed by atoms with E-state index in [1.165, 1.54) is 16.1 Å². The molecule has 0 saturated heterocycles. The first-order valence-electron chi connectivity index (χ1n) is 7.82. The van der Waals surface area contributed by atoms with Crippen molar-refractivity contribution in [1.29, 1.82) is 0 Å². The van der Waals surface area contributed by atoms with Gasteiger partial charge in [-0.05, 0) is 0 Å². The third-order valence-corrected chi connectivity index (χ3v) is 6.68. The molecule has 2 aromatic carbocycles. The minimum absolute atomic E-state index is 0.0234. The Kier molecular flexibility index (Phi) is 5.44. The fraction of sp³-hybridized carbons (Fsp3) is 0.211. The molecule has 0 amide bonds. The van der Waals surface area contributed by atoms with E-state index in [1.807, 2.05) is 22.9 Å². The van der Waals surface area contributed by atoms with Gasteiger partial charge in [0.15, 0.2) is 0 Å². The zero-order chi connectivity index (χ0) is 16.9. The van der Waals surface area contributed by atoms with Crippen molar-refractivity contribution in [2.45, 2.75) is 24.7 Å². The van der Waals surface area contributed by atoms with Gasteiger partial charge in [-0.15, -0.1) is 0 Å². The van der Waals surface area contributed by atoms with Crippen molar-refractivity contribution in [2.24, 2.45) is 0 Å². The maximum atomic E-state index is 14.4. The van der Waals surface area contributed by atoms with Gasteiger partial charge < -0.3 is 0 Å². The number of rotatable bonds is 6. The van der Waals surface area contributed by atoms with Crippen LogP contribution in [0.5, 0.6) is 0 Å². The summed E-state index contributed by atoms with van der Waals surface area (Å²) in [5.41, 5.74) is 1.85. The molecule has 1 heterocycles. The molecule has 0 fully saturated rings. The number of aryl methyl sites for hydroxylation is 1. The summed E-state index contributed by atoms with van der Waals surface area (Å²) in [6.45, 7) is 2.75. The number of hydrogen-bond donors (Lipinski definition) is 0. The number of benzene rings is 2. The molecule has 0 bridgehead atoms. The van der Waals surface area contributed by atoms with Gasteiger partial charge in [-0.2, -0.15) is 0 Å². The molecule has 0 aliphatic carbocycles. The van der Waals surface area contributed by atoms with Crippen molar-refractivity contribution in [3.8, 4) is 0 Å². The average Bonchev–Trinajstić information content (AvgIpc) is 3.08. The Morgan fingerprint density at radius 3 is 2.71 bits per heavy atom. The van der Waals surface area contributed by atoms with Gasteiger partial charge in [0.05, 0.1) is 0 Å². The molecule has 0 radical (unpaired) electrons. The Bertz CT molecular complexity index is 803. The van der Waals surface area contributed by atoms with E-state index < -0.39 is 11.6 Å². The monoisotopic (exact) mass is 392 g/mol. The van der Waals surface area contributed by atoms with E-state index >= 15 is 0 Å². The zero-order valence-corrected chi connectivity index (χ0v) is 15.0. The predicted molar refractivity (Wildman–Crippen MR) is 92.5 cm³/mol. The van der Waals surface area contributed by atoms with E-state index in [0.29, 0.717) is 12.1 Å². The van der Waals surface area contributed by atoms with Crippen LogP contribution >= 0.6 is 0 Å². The van der Waals surface area contributed by atoms with Crippen LogP contribution in [0.1, 0.15) is 22.9 Å². The Hall–Kier alpha value is -1.97. The molecular weight excluding hydrogens is 373 g/mol. The van der Waals surface area contributed by atoms with Gasteiger partial charge in [0, 0.05) is 0 Å². The predicted octanol–water partition coefficient (Wildman–Crippen LogP) is 3.49. The first-order chi connectivity index (χ1) is 11.7. The second-order valence-corrected chi connectivity index (χ2v) is 8.10. The summed E-state index contributed by atoms with van der Waals surface area (Å²) in [6, 6.07) is 12.2. The first-order valence-corrected chi connectivity index (χ1v) is 9.67. The second-order valence-electron chi connectivity index (χ2n) is 5.49. The van der Waals surface area contributed by atoms with Crippen molar-refractivity contribution < 1.29 is 8.78 Å².